The summed E-state index contributed by atoms with van der Waals surface area (Å²) in [7, 11) is 0. The molecule has 0 aromatic heterocycles. The third-order valence-electron chi connectivity index (χ3n) is 4.10. The molecule has 3 rings (SSSR count). The Hall–Kier alpha value is -1.46. The average molecular weight is 278 g/mol. The first-order chi connectivity index (χ1) is 9.72. The van der Waals surface area contributed by atoms with Crippen LogP contribution in [0.4, 0.5) is 4.39 Å². The van der Waals surface area contributed by atoms with Gasteiger partial charge in [0.1, 0.15) is 12.0 Å². The lowest BCUT2D eigenvalue weighted by Crippen LogP contribution is -2.40. The largest absolute Gasteiger partial charge is 0.379 e. The number of hydrogen-bond acceptors (Lipinski definition) is 3. The van der Waals surface area contributed by atoms with Crippen LogP contribution < -0.4 is 5.32 Å². The Morgan fingerprint density at radius 3 is 2.90 bits per heavy atom. The lowest BCUT2D eigenvalue weighted by atomic mass is 10.1. The summed E-state index contributed by atoms with van der Waals surface area (Å²) in [5.74, 6) is -0.227. The van der Waals surface area contributed by atoms with E-state index in [1.165, 1.54) is 6.07 Å². The zero-order valence-corrected chi connectivity index (χ0v) is 11.5. The van der Waals surface area contributed by atoms with E-state index in [1.54, 1.807) is 23.1 Å². The van der Waals surface area contributed by atoms with Crippen molar-refractivity contribution in [1.29, 1.82) is 0 Å². The monoisotopic (exact) mass is 278 g/mol. The minimum absolute atomic E-state index is 0.0381. The van der Waals surface area contributed by atoms with Crippen LogP contribution >= 0.6 is 0 Å². The number of ether oxygens (including phenoxy) is 1. The van der Waals surface area contributed by atoms with Crippen molar-refractivity contribution in [3.8, 4) is 0 Å². The van der Waals surface area contributed by atoms with Crippen LogP contribution in [0.1, 0.15) is 31.5 Å². The molecule has 1 aromatic rings. The number of hydrogen-bond donors (Lipinski definition) is 1. The Balaban J connectivity index is 1.94. The van der Waals surface area contributed by atoms with Crippen LogP contribution in [0.2, 0.25) is 0 Å². The second-order valence-electron chi connectivity index (χ2n) is 5.31. The van der Waals surface area contributed by atoms with Crippen molar-refractivity contribution in [3.63, 3.8) is 0 Å². The number of nitrogens with zero attached hydrogens (tertiary/aromatic N) is 1. The van der Waals surface area contributed by atoms with E-state index in [9.17, 15) is 9.18 Å². The zero-order chi connectivity index (χ0) is 14.1. The Morgan fingerprint density at radius 2 is 2.25 bits per heavy atom. The highest BCUT2D eigenvalue weighted by Crippen LogP contribution is 2.32. The number of carbonyl (C=O) groups is 1. The van der Waals surface area contributed by atoms with Gasteiger partial charge in [0.15, 0.2) is 0 Å². The van der Waals surface area contributed by atoms with Crippen LogP contribution in [-0.4, -0.2) is 36.1 Å². The second-order valence-corrected chi connectivity index (χ2v) is 5.31. The molecule has 0 spiro atoms. The van der Waals surface area contributed by atoms with Crippen molar-refractivity contribution in [3.05, 3.63) is 35.6 Å². The van der Waals surface area contributed by atoms with E-state index in [4.69, 9.17) is 4.74 Å². The summed E-state index contributed by atoms with van der Waals surface area (Å²) in [5.41, 5.74) is 0.531. The molecule has 2 heterocycles. The molecule has 1 aromatic carbocycles. The molecule has 0 aliphatic carbocycles. The molecule has 3 unspecified atom stereocenters. The van der Waals surface area contributed by atoms with Crippen LogP contribution in [0.5, 0.6) is 0 Å². The molecular weight excluding hydrogens is 259 g/mol. The SMILES string of the molecule is CCC1NC(c2ccccc2F)N(C2CCOC2)C1=O. The fraction of sp³-hybridized carbons (Fsp3) is 0.533. The van der Waals surface area contributed by atoms with Gasteiger partial charge in [-0.15, -0.1) is 0 Å². The lowest BCUT2D eigenvalue weighted by Gasteiger charge is -2.29. The molecule has 2 saturated heterocycles. The quantitative estimate of drug-likeness (QED) is 0.917. The number of halogens is 1. The first-order valence-corrected chi connectivity index (χ1v) is 7.12. The van der Waals surface area contributed by atoms with E-state index >= 15 is 0 Å². The molecule has 1 N–H and O–H groups in total. The molecule has 2 aliphatic heterocycles. The molecule has 4 nitrogen and oxygen atoms in total. The summed E-state index contributed by atoms with van der Waals surface area (Å²) < 4.78 is 19.4. The number of amides is 1. The first kappa shape index (κ1) is 13.5. The summed E-state index contributed by atoms with van der Waals surface area (Å²) in [6.07, 6.45) is 1.13. The van der Waals surface area contributed by atoms with E-state index < -0.39 is 0 Å². The van der Waals surface area contributed by atoms with Crippen molar-refractivity contribution >= 4 is 5.91 Å². The third-order valence-corrected chi connectivity index (χ3v) is 4.10. The summed E-state index contributed by atoms with van der Waals surface area (Å²) in [4.78, 5) is 14.3. The summed E-state index contributed by atoms with van der Waals surface area (Å²) >= 11 is 0. The minimum atomic E-state index is -0.389. The molecule has 3 atom stereocenters. The number of carbonyl (C=O) groups excluding carboxylic acids is 1. The Morgan fingerprint density at radius 1 is 1.45 bits per heavy atom. The highest BCUT2D eigenvalue weighted by Gasteiger charge is 2.44. The zero-order valence-electron chi connectivity index (χ0n) is 11.5. The first-order valence-electron chi connectivity index (χ1n) is 7.12. The van der Waals surface area contributed by atoms with Gasteiger partial charge in [0.25, 0.3) is 0 Å². The maximum atomic E-state index is 14.1. The average Bonchev–Trinajstić information content (AvgIpc) is 3.06. The van der Waals surface area contributed by atoms with Crippen molar-refractivity contribution in [2.45, 2.75) is 38.0 Å². The smallest absolute Gasteiger partial charge is 0.241 e. The maximum absolute atomic E-state index is 14.1. The van der Waals surface area contributed by atoms with E-state index in [0.717, 1.165) is 6.42 Å². The molecule has 5 heteroatoms. The van der Waals surface area contributed by atoms with Gasteiger partial charge in [-0.25, -0.2) is 4.39 Å². The van der Waals surface area contributed by atoms with E-state index in [2.05, 4.69) is 5.32 Å². The number of nitrogens with one attached hydrogen (secondary N) is 1. The fourth-order valence-electron chi connectivity index (χ4n) is 3.01. The van der Waals surface area contributed by atoms with Gasteiger partial charge < -0.3 is 9.64 Å². The summed E-state index contributed by atoms with van der Waals surface area (Å²) in [6, 6.07) is 6.44. The highest BCUT2D eigenvalue weighted by atomic mass is 19.1. The van der Waals surface area contributed by atoms with Gasteiger partial charge in [-0.1, -0.05) is 25.1 Å². The predicted molar refractivity (Wildman–Crippen MR) is 72.4 cm³/mol. The van der Waals surface area contributed by atoms with Crippen molar-refractivity contribution in [2.75, 3.05) is 13.2 Å². The van der Waals surface area contributed by atoms with Crippen LogP contribution in [0.3, 0.4) is 0 Å². The van der Waals surface area contributed by atoms with Crippen LogP contribution in [0.15, 0.2) is 24.3 Å². The molecule has 0 bridgehead atoms. The molecule has 2 fully saturated rings. The van der Waals surface area contributed by atoms with Gasteiger partial charge in [-0.2, -0.15) is 0 Å². The van der Waals surface area contributed by atoms with E-state index in [-0.39, 0.29) is 30.0 Å². The van der Waals surface area contributed by atoms with E-state index in [0.29, 0.717) is 25.2 Å². The molecule has 1 amide bonds. The second kappa shape index (κ2) is 5.50. The molecular formula is C15H19FN2O2. The maximum Gasteiger partial charge on any atom is 0.241 e. The van der Waals surface area contributed by atoms with Gasteiger partial charge in [0.2, 0.25) is 5.91 Å². The van der Waals surface area contributed by atoms with Crippen LogP contribution in [0.25, 0.3) is 0 Å². The van der Waals surface area contributed by atoms with Gasteiger partial charge in [-0.05, 0) is 18.9 Å². The predicted octanol–water partition coefficient (Wildman–Crippen LogP) is 1.82. The molecule has 0 radical (unpaired) electrons. The van der Waals surface area contributed by atoms with Gasteiger partial charge in [0, 0.05) is 12.2 Å². The fourth-order valence-corrected chi connectivity index (χ4v) is 3.01. The molecule has 108 valence electrons. The standard InChI is InChI=1S/C15H19FN2O2/c1-2-13-15(19)18(10-7-8-20-9-10)14(17-13)11-5-3-4-6-12(11)16/h3-6,10,13-14,17H,2,7-9H2,1H3. The summed E-state index contributed by atoms with van der Waals surface area (Å²) in [5, 5.41) is 3.26. The normalized spacial score (nSPS) is 30.2. The topological polar surface area (TPSA) is 41.6 Å². The van der Waals surface area contributed by atoms with Crippen molar-refractivity contribution in [1.82, 2.24) is 10.2 Å². The van der Waals surface area contributed by atoms with Gasteiger partial charge >= 0.3 is 0 Å². The van der Waals surface area contributed by atoms with Crippen LogP contribution in [-0.2, 0) is 9.53 Å². The highest BCUT2D eigenvalue weighted by molar-refractivity contribution is 5.85. The Kier molecular flexibility index (Phi) is 3.72. The Labute approximate surface area is 117 Å². The molecule has 0 saturated carbocycles. The lowest BCUT2D eigenvalue weighted by molar-refractivity contribution is -0.132. The summed E-state index contributed by atoms with van der Waals surface area (Å²) in [6.45, 7) is 3.16. The van der Waals surface area contributed by atoms with Crippen molar-refractivity contribution in [2.24, 2.45) is 0 Å². The van der Waals surface area contributed by atoms with Gasteiger partial charge in [0.05, 0.1) is 18.7 Å². The number of benzene rings is 1. The minimum Gasteiger partial charge on any atom is -0.379 e. The third kappa shape index (κ3) is 2.21. The van der Waals surface area contributed by atoms with Crippen molar-refractivity contribution < 1.29 is 13.9 Å². The number of rotatable bonds is 3. The van der Waals surface area contributed by atoms with Gasteiger partial charge in [-0.3, -0.25) is 10.1 Å². The molecule has 2 aliphatic rings. The van der Waals surface area contributed by atoms with E-state index in [1.807, 2.05) is 6.92 Å². The van der Waals surface area contributed by atoms with Crippen LogP contribution in [0, 0.1) is 5.82 Å². The molecule has 20 heavy (non-hydrogen) atoms. The Bertz CT molecular complexity index is 502.